The van der Waals surface area contributed by atoms with E-state index in [1.807, 2.05) is 42.5 Å². The lowest BCUT2D eigenvalue weighted by molar-refractivity contribution is 0.394. The van der Waals surface area contributed by atoms with Crippen molar-refractivity contribution in [2.45, 2.75) is 6.54 Å². The highest BCUT2D eigenvalue weighted by Crippen LogP contribution is 2.24. The Morgan fingerprint density at radius 3 is 2.00 bits per heavy atom. The Morgan fingerprint density at radius 2 is 1.36 bits per heavy atom. The van der Waals surface area contributed by atoms with Gasteiger partial charge in [-0.2, -0.15) is 0 Å². The van der Waals surface area contributed by atoms with E-state index >= 15 is 0 Å². The molecule has 0 amide bonds. The van der Waals surface area contributed by atoms with Crippen LogP contribution in [-0.2, 0) is 6.54 Å². The second kappa shape index (κ2) is 9.51. The fourth-order valence-electron chi connectivity index (χ4n) is 2.88. The minimum atomic E-state index is 0.711. The predicted octanol–water partition coefficient (Wildman–Crippen LogP) is 5.49. The summed E-state index contributed by atoms with van der Waals surface area (Å²) in [5, 5.41) is 3.43. The third-order valence-corrected chi connectivity index (χ3v) is 4.43. The summed E-state index contributed by atoms with van der Waals surface area (Å²) in [5.41, 5.74) is 4.33. The number of ether oxygens (including phenoxy) is 3. The Balaban J connectivity index is 1.65. The maximum absolute atomic E-state index is 5.39. The fourth-order valence-corrected chi connectivity index (χ4v) is 2.88. The quantitative estimate of drug-likeness (QED) is 0.528. The molecule has 0 saturated heterocycles. The molecule has 0 radical (unpaired) electrons. The summed E-state index contributed by atoms with van der Waals surface area (Å²) < 4.78 is 16.0. The first-order valence-electron chi connectivity index (χ1n) is 9.09. The summed E-state index contributed by atoms with van der Waals surface area (Å²) >= 11 is 0. The van der Waals surface area contributed by atoms with Crippen molar-refractivity contribution in [3.8, 4) is 17.2 Å². The molecular formula is C24H25NO3. The van der Waals surface area contributed by atoms with Gasteiger partial charge in [0.2, 0.25) is 0 Å². The van der Waals surface area contributed by atoms with Crippen molar-refractivity contribution in [1.29, 1.82) is 0 Å². The molecule has 3 aromatic carbocycles. The Kier molecular flexibility index (Phi) is 6.58. The van der Waals surface area contributed by atoms with Crippen LogP contribution in [-0.4, -0.2) is 21.3 Å². The third kappa shape index (κ3) is 5.07. The summed E-state index contributed by atoms with van der Waals surface area (Å²) in [4.78, 5) is 0. The SMILES string of the molecule is COc1cc(/C=C/c2ccc(NCc3ccccc3OC)cc2)cc(OC)c1. The highest BCUT2D eigenvalue weighted by Gasteiger charge is 2.02. The number of rotatable bonds is 8. The molecule has 0 heterocycles. The predicted molar refractivity (Wildman–Crippen MR) is 115 cm³/mol. The molecule has 0 aliphatic rings. The van der Waals surface area contributed by atoms with Crippen LogP contribution in [0.5, 0.6) is 17.2 Å². The maximum Gasteiger partial charge on any atom is 0.123 e. The van der Waals surface area contributed by atoms with Crippen molar-refractivity contribution < 1.29 is 14.2 Å². The number of nitrogens with one attached hydrogen (secondary N) is 1. The maximum atomic E-state index is 5.39. The molecule has 0 bridgehead atoms. The van der Waals surface area contributed by atoms with Crippen LogP contribution in [0.2, 0.25) is 0 Å². The van der Waals surface area contributed by atoms with Crippen LogP contribution in [0.3, 0.4) is 0 Å². The summed E-state index contributed by atoms with van der Waals surface area (Å²) in [6.45, 7) is 0.711. The molecular weight excluding hydrogens is 350 g/mol. The van der Waals surface area contributed by atoms with E-state index in [0.717, 1.165) is 39.6 Å². The van der Waals surface area contributed by atoms with Crippen molar-refractivity contribution in [2.75, 3.05) is 26.6 Å². The summed E-state index contributed by atoms with van der Waals surface area (Å²) in [6, 6.07) is 22.1. The van der Waals surface area contributed by atoms with Gasteiger partial charge in [-0.15, -0.1) is 0 Å². The van der Waals surface area contributed by atoms with Crippen LogP contribution >= 0.6 is 0 Å². The number of benzene rings is 3. The van der Waals surface area contributed by atoms with E-state index in [0.29, 0.717) is 6.54 Å². The molecule has 28 heavy (non-hydrogen) atoms. The van der Waals surface area contributed by atoms with Gasteiger partial charge in [-0.05, 0) is 41.5 Å². The second-order valence-electron chi connectivity index (χ2n) is 6.27. The van der Waals surface area contributed by atoms with Gasteiger partial charge < -0.3 is 19.5 Å². The molecule has 4 heteroatoms. The van der Waals surface area contributed by atoms with Gasteiger partial charge in [0.15, 0.2) is 0 Å². The van der Waals surface area contributed by atoms with Crippen LogP contribution < -0.4 is 19.5 Å². The topological polar surface area (TPSA) is 39.7 Å². The largest absolute Gasteiger partial charge is 0.497 e. The average Bonchev–Trinajstić information content (AvgIpc) is 2.76. The Bertz CT molecular complexity index is 911. The average molecular weight is 375 g/mol. The van der Waals surface area contributed by atoms with Gasteiger partial charge >= 0.3 is 0 Å². The summed E-state index contributed by atoms with van der Waals surface area (Å²) in [5.74, 6) is 2.44. The molecule has 0 atom stereocenters. The van der Waals surface area contributed by atoms with Gasteiger partial charge in [0.1, 0.15) is 17.2 Å². The molecule has 3 rings (SSSR count). The monoisotopic (exact) mass is 375 g/mol. The Hall–Kier alpha value is -3.40. The lowest BCUT2D eigenvalue weighted by atomic mass is 10.1. The first kappa shape index (κ1) is 19.4. The molecule has 4 nitrogen and oxygen atoms in total. The lowest BCUT2D eigenvalue weighted by Gasteiger charge is -2.10. The third-order valence-electron chi connectivity index (χ3n) is 4.43. The van der Waals surface area contributed by atoms with Gasteiger partial charge in [0.25, 0.3) is 0 Å². The fraction of sp³-hybridized carbons (Fsp3) is 0.167. The molecule has 144 valence electrons. The molecule has 0 unspecified atom stereocenters. The summed E-state index contributed by atoms with van der Waals surface area (Å²) in [6.07, 6.45) is 4.11. The van der Waals surface area contributed by atoms with Crippen LogP contribution in [0.1, 0.15) is 16.7 Å². The number of hydrogen-bond donors (Lipinski definition) is 1. The highest BCUT2D eigenvalue weighted by atomic mass is 16.5. The minimum Gasteiger partial charge on any atom is -0.497 e. The van der Waals surface area contributed by atoms with Crippen LogP contribution in [0, 0.1) is 0 Å². The van der Waals surface area contributed by atoms with Crippen LogP contribution in [0.25, 0.3) is 12.2 Å². The standard InChI is InChI=1S/C24H25NO3/c1-26-22-14-19(15-23(16-22)27-2)9-8-18-10-12-21(13-11-18)25-17-20-6-4-5-7-24(20)28-3/h4-16,25H,17H2,1-3H3/b9-8+. The number of hydrogen-bond acceptors (Lipinski definition) is 4. The summed E-state index contributed by atoms with van der Waals surface area (Å²) in [7, 11) is 5.00. The Morgan fingerprint density at radius 1 is 0.714 bits per heavy atom. The first-order valence-corrected chi connectivity index (χ1v) is 9.09. The van der Waals surface area contributed by atoms with E-state index in [2.05, 4.69) is 41.7 Å². The van der Waals surface area contributed by atoms with Crippen molar-refractivity contribution in [2.24, 2.45) is 0 Å². The van der Waals surface area contributed by atoms with Crippen molar-refractivity contribution in [1.82, 2.24) is 0 Å². The van der Waals surface area contributed by atoms with E-state index in [1.165, 1.54) is 0 Å². The molecule has 0 spiro atoms. The first-order chi connectivity index (χ1) is 13.7. The van der Waals surface area contributed by atoms with E-state index in [1.54, 1.807) is 21.3 Å². The van der Waals surface area contributed by atoms with Gasteiger partial charge in [-0.25, -0.2) is 0 Å². The van der Waals surface area contributed by atoms with E-state index < -0.39 is 0 Å². The molecule has 1 N–H and O–H groups in total. The zero-order chi connectivity index (χ0) is 19.8. The molecule has 0 aliphatic carbocycles. The molecule has 0 fully saturated rings. The van der Waals surface area contributed by atoms with Gasteiger partial charge in [0.05, 0.1) is 21.3 Å². The molecule has 0 aliphatic heterocycles. The lowest BCUT2D eigenvalue weighted by Crippen LogP contribution is -2.01. The van der Waals surface area contributed by atoms with Gasteiger partial charge in [-0.3, -0.25) is 0 Å². The Labute approximate surface area is 166 Å². The number of methoxy groups -OCH3 is 3. The minimum absolute atomic E-state index is 0.711. The van der Waals surface area contributed by atoms with E-state index in [9.17, 15) is 0 Å². The second-order valence-corrected chi connectivity index (χ2v) is 6.27. The van der Waals surface area contributed by atoms with E-state index in [-0.39, 0.29) is 0 Å². The zero-order valence-corrected chi connectivity index (χ0v) is 16.4. The molecule has 0 aromatic heterocycles. The van der Waals surface area contributed by atoms with Crippen molar-refractivity contribution in [3.05, 3.63) is 83.4 Å². The molecule has 0 saturated carbocycles. The smallest absolute Gasteiger partial charge is 0.123 e. The van der Waals surface area contributed by atoms with Crippen molar-refractivity contribution >= 4 is 17.8 Å². The molecule has 3 aromatic rings. The highest BCUT2D eigenvalue weighted by molar-refractivity contribution is 5.71. The normalized spacial score (nSPS) is 10.7. The van der Waals surface area contributed by atoms with Crippen molar-refractivity contribution in [3.63, 3.8) is 0 Å². The number of para-hydroxylation sites is 1. The zero-order valence-electron chi connectivity index (χ0n) is 16.4. The van der Waals surface area contributed by atoms with E-state index in [4.69, 9.17) is 14.2 Å². The van der Waals surface area contributed by atoms with Crippen LogP contribution in [0.15, 0.2) is 66.7 Å². The van der Waals surface area contributed by atoms with Gasteiger partial charge in [-0.1, -0.05) is 42.5 Å². The number of anilines is 1. The van der Waals surface area contributed by atoms with Crippen LogP contribution in [0.4, 0.5) is 5.69 Å². The van der Waals surface area contributed by atoms with Gasteiger partial charge in [0, 0.05) is 23.9 Å².